The predicted octanol–water partition coefficient (Wildman–Crippen LogP) is 2.27. The summed E-state index contributed by atoms with van der Waals surface area (Å²) in [6, 6.07) is 6.67. The molecule has 1 amide bonds. The van der Waals surface area contributed by atoms with Crippen LogP contribution in [0.2, 0.25) is 0 Å². The average Bonchev–Trinajstić information content (AvgIpc) is 3.29. The molecule has 10 nitrogen and oxygen atoms in total. The first-order valence-electron chi connectivity index (χ1n) is 13.9. The molecule has 0 spiro atoms. The number of nitrogens with two attached hydrogens (primary N) is 1. The van der Waals surface area contributed by atoms with Crippen molar-refractivity contribution in [3.8, 4) is 6.07 Å². The zero-order valence-electron chi connectivity index (χ0n) is 23.1. The molecule has 4 heterocycles. The molecule has 0 bridgehead atoms. The molecule has 0 saturated carbocycles. The van der Waals surface area contributed by atoms with Crippen LogP contribution < -0.4 is 26.2 Å². The van der Waals surface area contributed by atoms with Crippen molar-refractivity contribution in [2.45, 2.75) is 51.5 Å². The van der Waals surface area contributed by atoms with E-state index in [1.165, 1.54) is 11.3 Å². The number of amides is 1. The number of aryl methyl sites for hydroxylation is 1. The zero-order valence-corrected chi connectivity index (χ0v) is 24.0. The van der Waals surface area contributed by atoms with E-state index in [1.807, 2.05) is 13.0 Å². The Morgan fingerprint density at radius 2 is 2.08 bits per heavy atom. The van der Waals surface area contributed by atoms with Crippen LogP contribution in [-0.4, -0.2) is 80.0 Å². The van der Waals surface area contributed by atoms with Crippen LogP contribution in [-0.2, 0) is 16.6 Å². The van der Waals surface area contributed by atoms with Gasteiger partial charge in [0.05, 0.1) is 11.0 Å². The number of nitriles is 1. The molecule has 0 aromatic carbocycles. The van der Waals surface area contributed by atoms with Gasteiger partial charge >= 0.3 is 0 Å². The minimum absolute atomic E-state index is 0.0199. The van der Waals surface area contributed by atoms with Crippen molar-refractivity contribution >= 4 is 39.6 Å². The Hall–Kier alpha value is -3.20. The van der Waals surface area contributed by atoms with E-state index in [9.17, 15) is 10.1 Å². The monoisotopic (exact) mass is 549 g/mol. The van der Waals surface area contributed by atoms with Gasteiger partial charge in [0.25, 0.3) is 0 Å². The van der Waals surface area contributed by atoms with Crippen LogP contribution in [0.15, 0.2) is 12.1 Å². The fourth-order valence-corrected chi connectivity index (χ4v) is 7.40. The van der Waals surface area contributed by atoms with Gasteiger partial charge in [-0.1, -0.05) is 6.92 Å². The highest BCUT2D eigenvalue weighted by Crippen LogP contribution is 2.45. The molecule has 39 heavy (non-hydrogen) atoms. The number of fused-ring (bicyclic) bond motifs is 1. The summed E-state index contributed by atoms with van der Waals surface area (Å²) in [6.07, 6.45) is 2.24. The SMILES string of the molecule is CCN1CCN(c2cc(N3CCNCC3)cc(C(=N)NC(=O)C3(C)CCCc4sc(N)c(C#N)c43)n2)CC1C. The molecule has 2 unspecified atom stereocenters. The summed E-state index contributed by atoms with van der Waals surface area (Å²) >= 11 is 1.40. The highest BCUT2D eigenvalue weighted by atomic mass is 32.1. The number of carbonyl (C=O) groups is 1. The number of nitrogen functional groups attached to an aromatic ring is 1. The van der Waals surface area contributed by atoms with Crippen molar-refractivity contribution in [2.24, 2.45) is 0 Å². The highest BCUT2D eigenvalue weighted by molar-refractivity contribution is 7.16. The Labute approximate surface area is 234 Å². The van der Waals surface area contributed by atoms with Crippen LogP contribution in [0.4, 0.5) is 16.5 Å². The number of nitrogens with one attached hydrogen (secondary N) is 3. The number of aromatic nitrogens is 1. The standard InChI is InChI=1S/C28H39N9OS/c1-4-35-12-13-37(17-18(35)2)23-15-19(36-10-8-32-9-11-36)14-21(33-23)25(30)34-27(38)28(3)7-5-6-22-24(28)20(16-29)26(31)39-22/h14-15,18,32H,4-13,17,31H2,1-3H3,(H2,30,34,38). The first-order chi connectivity index (χ1) is 18.7. The molecule has 2 atom stereocenters. The third kappa shape index (κ3) is 5.21. The third-order valence-corrected chi connectivity index (χ3v) is 9.60. The van der Waals surface area contributed by atoms with Gasteiger partial charge in [-0.3, -0.25) is 15.1 Å². The van der Waals surface area contributed by atoms with Crippen LogP contribution in [0, 0.1) is 16.7 Å². The molecule has 5 rings (SSSR count). The number of amidine groups is 1. The Balaban J connectivity index is 1.44. The Morgan fingerprint density at radius 1 is 1.31 bits per heavy atom. The van der Waals surface area contributed by atoms with Crippen molar-refractivity contribution in [1.29, 1.82) is 10.7 Å². The van der Waals surface area contributed by atoms with Gasteiger partial charge in [0.15, 0.2) is 5.84 Å². The number of hydrogen-bond acceptors (Lipinski definition) is 10. The van der Waals surface area contributed by atoms with Gasteiger partial charge in [-0.05, 0) is 45.7 Å². The number of anilines is 3. The maximum absolute atomic E-state index is 13.8. The van der Waals surface area contributed by atoms with Crippen molar-refractivity contribution in [3.63, 3.8) is 0 Å². The number of rotatable bonds is 5. The third-order valence-electron chi connectivity index (χ3n) is 8.52. The molecule has 2 saturated heterocycles. The van der Waals surface area contributed by atoms with Gasteiger partial charge in [0.1, 0.15) is 22.6 Å². The number of likely N-dealkylation sites (N-methyl/N-ethyl adjacent to an activating group) is 1. The lowest BCUT2D eigenvalue weighted by Crippen LogP contribution is -2.52. The number of hydrogen-bond donors (Lipinski definition) is 4. The van der Waals surface area contributed by atoms with E-state index >= 15 is 0 Å². The first-order valence-corrected chi connectivity index (χ1v) is 14.8. The summed E-state index contributed by atoms with van der Waals surface area (Å²) in [5, 5.41) is 25.4. The summed E-state index contributed by atoms with van der Waals surface area (Å²) in [6.45, 7) is 13.6. The lowest BCUT2D eigenvalue weighted by molar-refractivity contribution is -0.125. The summed E-state index contributed by atoms with van der Waals surface area (Å²) in [4.78, 5) is 26.7. The number of piperazine rings is 2. The van der Waals surface area contributed by atoms with E-state index in [1.54, 1.807) is 0 Å². The van der Waals surface area contributed by atoms with Crippen molar-refractivity contribution in [1.82, 2.24) is 20.5 Å². The molecule has 11 heteroatoms. The van der Waals surface area contributed by atoms with E-state index < -0.39 is 5.41 Å². The first kappa shape index (κ1) is 27.4. The molecule has 1 aliphatic carbocycles. The van der Waals surface area contributed by atoms with E-state index in [-0.39, 0.29) is 11.7 Å². The Morgan fingerprint density at radius 3 is 2.77 bits per heavy atom. The van der Waals surface area contributed by atoms with Crippen LogP contribution in [0.1, 0.15) is 55.3 Å². The minimum Gasteiger partial charge on any atom is -0.389 e. The lowest BCUT2D eigenvalue weighted by atomic mass is 9.72. The summed E-state index contributed by atoms with van der Waals surface area (Å²) in [5.74, 6) is 0.531. The van der Waals surface area contributed by atoms with Crippen LogP contribution in [0.25, 0.3) is 0 Å². The van der Waals surface area contributed by atoms with Gasteiger partial charge in [-0.25, -0.2) is 4.98 Å². The number of pyridine rings is 1. The van der Waals surface area contributed by atoms with Crippen molar-refractivity contribution in [3.05, 3.63) is 33.8 Å². The van der Waals surface area contributed by atoms with Gasteiger partial charge in [0, 0.05) is 74.0 Å². The van der Waals surface area contributed by atoms with Gasteiger partial charge in [-0.15, -0.1) is 11.3 Å². The number of thiophene rings is 1. The molecule has 2 aliphatic heterocycles. The fraction of sp³-hybridized carbons (Fsp3) is 0.571. The largest absolute Gasteiger partial charge is 0.389 e. The van der Waals surface area contributed by atoms with E-state index in [0.29, 0.717) is 28.7 Å². The lowest BCUT2D eigenvalue weighted by Gasteiger charge is -2.40. The van der Waals surface area contributed by atoms with E-state index in [2.05, 4.69) is 51.3 Å². The van der Waals surface area contributed by atoms with Crippen molar-refractivity contribution < 1.29 is 4.79 Å². The van der Waals surface area contributed by atoms with Crippen LogP contribution in [0.5, 0.6) is 0 Å². The van der Waals surface area contributed by atoms with Crippen molar-refractivity contribution in [2.75, 3.05) is 67.9 Å². The number of carbonyl (C=O) groups excluding carboxylic acids is 1. The zero-order chi connectivity index (χ0) is 27.7. The smallest absolute Gasteiger partial charge is 0.236 e. The van der Waals surface area contributed by atoms with Gasteiger partial charge in [-0.2, -0.15) is 5.26 Å². The maximum atomic E-state index is 13.8. The molecule has 0 radical (unpaired) electrons. The number of nitrogens with zero attached hydrogens (tertiary/aromatic N) is 5. The Bertz CT molecular complexity index is 1290. The molecule has 2 aromatic heterocycles. The molecule has 2 aromatic rings. The van der Waals surface area contributed by atoms with Crippen LogP contribution >= 0.6 is 11.3 Å². The van der Waals surface area contributed by atoms with Crippen LogP contribution in [0.3, 0.4) is 0 Å². The topological polar surface area (TPSA) is 137 Å². The average molecular weight is 550 g/mol. The summed E-state index contributed by atoms with van der Waals surface area (Å²) in [5.41, 5.74) is 7.82. The molecular formula is C28H39N9OS. The van der Waals surface area contributed by atoms with Gasteiger partial charge < -0.3 is 26.2 Å². The fourth-order valence-electron chi connectivity index (χ4n) is 6.21. The second-order valence-electron chi connectivity index (χ2n) is 11.0. The molecule has 3 aliphatic rings. The van der Waals surface area contributed by atoms with Gasteiger partial charge in [0.2, 0.25) is 5.91 Å². The molecule has 2 fully saturated rings. The second kappa shape index (κ2) is 11.1. The summed E-state index contributed by atoms with van der Waals surface area (Å²) < 4.78 is 0. The minimum atomic E-state index is -0.927. The quantitative estimate of drug-likeness (QED) is 0.329. The van der Waals surface area contributed by atoms with E-state index in [0.717, 1.165) is 87.1 Å². The highest BCUT2D eigenvalue weighted by Gasteiger charge is 2.43. The second-order valence-corrected chi connectivity index (χ2v) is 12.1. The Kier molecular flexibility index (Phi) is 7.80. The molecular weight excluding hydrogens is 510 g/mol. The van der Waals surface area contributed by atoms with E-state index in [4.69, 9.17) is 16.1 Å². The molecule has 5 N–H and O–H groups in total. The summed E-state index contributed by atoms with van der Waals surface area (Å²) in [7, 11) is 0. The predicted molar refractivity (Wildman–Crippen MR) is 157 cm³/mol. The maximum Gasteiger partial charge on any atom is 0.236 e. The normalized spacial score (nSPS) is 23.7. The molecule has 208 valence electrons.